The quantitative estimate of drug-likeness (QED) is 0.386. The Morgan fingerprint density at radius 2 is 1.93 bits per heavy atom. The van der Waals surface area contributed by atoms with Crippen molar-refractivity contribution in [1.82, 2.24) is 4.98 Å². The van der Waals surface area contributed by atoms with Crippen LogP contribution in [0.2, 0.25) is 0 Å². The van der Waals surface area contributed by atoms with Gasteiger partial charge < -0.3 is 25.0 Å². The molecule has 0 radical (unpaired) electrons. The molecule has 9 heteroatoms. The first-order valence-corrected chi connectivity index (χ1v) is 9.66. The summed E-state index contributed by atoms with van der Waals surface area (Å²) < 4.78 is 25.2. The number of benzene rings is 1. The van der Waals surface area contributed by atoms with Crippen molar-refractivity contribution < 1.29 is 18.7 Å². The number of nitrogens with zero attached hydrogens (tertiary/aromatic N) is 3. The van der Waals surface area contributed by atoms with E-state index in [-0.39, 0.29) is 18.9 Å². The van der Waals surface area contributed by atoms with E-state index in [0.29, 0.717) is 30.9 Å². The van der Waals surface area contributed by atoms with Crippen LogP contribution in [0.3, 0.4) is 0 Å². The van der Waals surface area contributed by atoms with Crippen LogP contribution < -0.4 is 15.5 Å². The van der Waals surface area contributed by atoms with E-state index in [0.717, 1.165) is 24.3 Å². The first-order valence-electron chi connectivity index (χ1n) is 9.66. The summed E-state index contributed by atoms with van der Waals surface area (Å²) in [4.78, 5) is 20.0. The molecule has 160 valence electrons. The monoisotopic (exact) mass is 415 g/mol. The Balaban J connectivity index is 1.62. The van der Waals surface area contributed by atoms with Gasteiger partial charge in [-0.2, -0.15) is 0 Å². The van der Waals surface area contributed by atoms with E-state index in [4.69, 9.17) is 20.6 Å². The molecule has 1 aliphatic heterocycles. The maximum Gasteiger partial charge on any atom is 0.313 e. The van der Waals surface area contributed by atoms with E-state index in [9.17, 15) is 9.18 Å². The van der Waals surface area contributed by atoms with E-state index in [1.54, 1.807) is 31.5 Å². The van der Waals surface area contributed by atoms with Crippen molar-refractivity contribution in [3.8, 4) is 0 Å². The summed E-state index contributed by atoms with van der Waals surface area (Å²) in [7, 11) is 1.65. The number of rotatable bonds is 8. The normalized spacial score (nSPS) is 13.9. The van der Waals surface area contributed by atoms with Crippen LogP contribution in [-0.4, -0.2) is 50.1 Å². The third kappa shape index (κ3) is 5.44. The van der Waals surface area contributed by atoms with Gasteiger partial charge in [-0.05, 0) is 17.7 Å². The predicted molar refractivity (Wildman–Crippen MR) is 112 cm³/mol. The fraction of sp³-hybridized carbons (Fsp3) is 0.381. The highest BCUT2D eigenvalue weighted by Crippen LogP contribution is 2.26. The number of carbonyl (C=O) groups is 1. The molecule has 0 unspecified atom stereocenters. The molecule has 3 N–H and O–H groups in total. The summed E-state index contributed by atoms with van der Waals surface area (Å²) in [6, 6.07) is 7.12. The van der Waals surface area contributed by atoms with Crippen molar-refractivity contribution in [1.29, 1.82) is 5.41 Å². The SMILES string of the molecule is COCc1cncc(N2CCN(c3cccc(COC(=O)CC(=N)N)c3F)CC2)c1. The lowest BCUT2D eigenvalue weighted by Gasteiger charge is -2.37. The van der Waals surface area contributed by atoms with Gasteiger partial charge in [0.2, 0.25) is 0 Å². The molecule has 1 aromatic carbocycles. The van der Waals surface area contributed by atoms with Crippen LogP contribution in [-0.2, 0) is 27.5 Å². The fourth-order valence-corrected chi connectivity index (χ4v) is 3.38. The minimum Gasteiger partial charge on any atom is -0.460 e. The number of hydrogen-bond donors (Lipinski definition) is 2. The second-order valence-electron chi connectivity index (χ2n) is 7.07. The second kappa shape index (κ2) is 10.0. The molecule has 1 aliphatic rings. The van der Waals surface area contributed by atoms with Crippen molar-refractivity contribution in [3.63, 3.8) is 0 Å². The number of halogens is 1. The zero-order valence-corrected chi connectivity index (χ0v) is 16.9. The number of ether oxygens (including phenoxy) is 2. The molecule has 0 spiro atoms. The Bertz CT molecular complexity index is 900. The van der Waals surface area contributed by atoms with Gasteiger partial charge in [0.15, 0.2) is 5.82 Å². The Kier molecular flexibility index (Phi) is 7.18. The zero-order chi connectivity index (χ0) is 21.5. The Labute approximate surface area is 174 Å². The largest absolute Gasteiger partial charge is 0.460 e. The number of hydrogen-bond acceptors (Lipinski definition) is 7. The van der Waals surface area contributed by atoms with Gasteiger partial charge in [0, 0.05) is 45.0 Å². The summed E-state index contributed by atoms with van der Waals surface area (Å²) in [5, 5.41) is 7.11. The van der Waals surface area contributed by atoms with E-state index in [1.165, 1.54) is 0 Å². The molecule has 0 bridgehead atoms. The molecule has 1 saturated heterocycles. The molecular formula is C21H26FN5O3. The van der Waals surface area contributed by atoms with Crippen LogP contribution in [0.15, 0.2) is 36.7 Å². The number of nitrogens with one attached hydrogen (secondary N) is 1. The maximum atomic E-state index is 15.0. The first kappa shape index (κ1) is 21.5. The third-order valence-corrected chi connectivity index (χ3v) is 4.86. The minimum atomic E-state index is -0.648. The molecule has 8 nitrogen and oxygen atoms in total. The standard InChI is InChI=1S/C21H26FN5O3/c1-29-13-15-9-17(12-25-11-15)26-5-7-27(8-6-26)18-4-2-3-16(21(18)22)14-30-20(28)10-19(23)24/h2-4,9,11-12H,5-8,10,13-14H2,1H3,(H3,23,24). The number of amidine groups is 1. The summed E-state index contributed by atoms with van der Waals surface area (Å²) >= 11 is 0. The topological polar surface area (TPSA) is 105 Å². The maximum absolute atomic E-state index is 15.0. The van der Waals surface area contributed by atoms with Gasteiger partial charge in [0.05, 0.1) is 24.2 Å². The van der Waals surface area contributed by atoms with Gasteiger partial charge in [-0.1, -0.05) is 12.1 Å². The molecule has 0 atom stereocenters. The number of aromatic nitrogens is 1. The van der Waals surface area contributed by atoms with Crippen molar-refractivity contribution in [3.05, 3.63) is 53.6 Å². The number of piperazine rings is 1. The lowest BCUT2D eigenvalue weighted by molar-refractivity contribution is -0.143. The van der Waals surface area contributed by atoms with E-state index < -0.39 is 11.8 Å². The van der Waals surface area contributed by atoms with Crippen LogP contribution >= 0.6 is 0 Å². The number of methoxy groups -OCH3 is 1. The molecule has 0 saturated carbocycles. The van der Waals surface area contributed by atoms with Crippen molar-refractivity contribution in [2.24, 2.45) is 5.73 Å². The third-order valence-electron chi connectivity index (χ3n) is 4.86. The van der Waals surface area contributed by atoms with Gasteiger partial charge in [0.1, 0.15) is 18.9 Å². The molecule has 0 amide bonds. The average Bonchev–Trinajstić information content (AvgIpc) is 2.73. The molecule has 3 rings (SSSR count). The van der Waals surface area contributed by atoms with Crippen LogP contribution in [0.5, 0.6) is 0 Å². The van der Waals surface area contributed by atoms with Crippen LogP contribution in [0.25, 0.3) is 0 Å². The molecular weight excluding hydrogens is 389 g/mol. The summed E-state index contributed by atoms with van der Waals surface area (Å²) in [5.41, 5.74) is 7.99. The highest BCUT2D eigenvalue weighted by molar-refractivity contribution is 5.94. The fourth-order valence-electron chi connectivity index (χ4n) is 3.38. The minimum absolute atomic E-state index is 0.191. The Morgan fingerprint density at radius 3 is 2.63 bits per heavy atom. The highest BCUT2D eigenvalue weighted by Gasteiger charge is 2.21. The van der Waals surface area contributed by atoms with Crippen LogP contribution in [0.1, 0.15) is 17.5 Å². The second-order valence-corrected chi connectivity index (χ2v) is 7.07. The van der Waals surface area contributed by atoms with Crippen LogP contribution in [0, 0.1) is 11.2 Å². The number of anilines is 2. The van der Waals surface area contributed by atoms with Crippen LogP contribution in [0.4, 0.5) is 15.8 Å². The van der Waals surface area contributed by atoms with E-state index in [1.807, 2.05) is 11.1 Å². The van der Waals surface area contributed by atoms with E-state index >= 15 is 0 Å². The lowest BCUT2D eigenvalue weighted by atomic mass is 10.1. The van der Waals surface area contributed by atoms with E-state index in [2.05, 4.69) is 16.0 Å². The molecule has 1 fully saturated rings. The number of nitrogens with two attached hydrogens (primary N) is 1. The summed E-state index contributed by atoms with van der Waals surface area (Å²) in [6.45, 7) is 3.09. The summed E-state index contributed by atoms with van der Waals surface area (Å²) in [6.07, 6.45) is 3.31. The van der Waals surface area contributed by atoms with Gasteiger partial charge in [0.25, 0.3) is 0 Å². The molecule has 1 aromatic heterocycles. The van der Waals surface area contributed by atoms with Crippen molar-refractivity contribution in [2.75, 3.05) is 43.1 Å². The molecule has 0 aliphatic carbocycles. The average molecular weight is 415 g/mol. The summed E-state index contributed by atoms with van der Waals surface area (Å²) in [5.74, 6) is -1.33. The predicted octanol–water partition coefficient (Wildman–Crippen LogP) is 2.06. The number of carbonyl (C=O) groups excluding carboxylic acids is 1. The Morgan fingerprint density at radius 1 is 1.20 bits per heavy atom. The Hall–Kier alpha value is -3.20. The van der Waals surface area contributed by atoms with Gasteiger partial charge in [-0.3, -0.25) is 15.2 Å². The molecule has 30 heavy (non-hydrogen) atoms. The zero-order valence-electron chi connectivity index (χ0n) is 16.9. The highest BCUT2D eigenvalue weighted by atomic mass is 19.1. The van der Waals surface area contributed by atoms with Crippen molar-refractivity contribution in [2.45, 2.75) is 19.6 Å². The van der Waals surface area contributed by atoms with Gasteiger partial charge in [-0.25, -0.2) is 4.39 Å². The first-order chi connectivity index (χ1) is 14.5. The lowest BCUT2D eigenvalue weighted by Crippen LogP contribution is -2.47. The smallest absolute Gasteiger partial charge is 0.313 e. The van der Waals surface area contributed by atoms with Gasteiger partial charge in [-0.15, -0.1) is 0 Å². The van der Waals surface area contributed by atoms with Gasteiger partial charge >= 0.3 is 5.97 Å². The molecule has 2 aromatic rings. The number of pyridine rings is 1. The van der Waals surface area contributed by atoms with Crippen molar-refractivity contribution >= 4 is 23.2 Å². The number of esters is 1. The molecule has 2 heterocycles.